The molecule has 7 heteroatoms. The second kappa shape index (κ2) is 6.08. The van der Waals surface area contributed by atoms with Crippen LogP contribution in [0.1, 0.15) is 15.4 Å². The summed E-state index contributed by atoms with van der Waals surface area (Å²) in [6.07, 6.45) is 0. The first-order valence-electron chi connectivity index (χ1n) is 8.86. The Hall–Kier alpha value is -1.89. The predicted molar refractivity (Wildman–Crippen MR) is 104 cm³/mol. The van der Waals surface area contributed by atoms with Crippen LogP contribution in [0.2, 0.25) is 5.02 Å². The molecule has 1 N–H and O–H groups in total. The van der Waals surface area contributed by atoms with Gasteiger partial charge >= 0.3 is 0 Å². The topological polar surface area (TPSA) is 50.2 Å². The van der Waals surface area contributed by atoms with Crippen LogP contribution < -0.4 is 5.32 Å². The van der Waals surface area contributed by atoms with E-state index in [9.17, 15) is 4.79 Å². The summed E-state index contributed by atoms with van der Waals surface area (Å²) in [5.41, 5.74) is 1.76. The summed E-state index contributed by atoms with van der Waals surface area (Å²) < 4.78 is 1.86. The Kier molecular flexibility index (Phi) is 3.81. The molecule has 0 radical (unpaired) electrons. The van der Waals surface area contributed by atoms with Crippen LogP contribution in [0, 0.1) is 18.8 Å². The molecule has 26 heavy (non-hydrogen) atoms. The number of carbonyl (C=O) groups is 1. The highest BCUT2D eigenvalue weighted by Crippen LogP contribution is 2.34. The van der Waals surface area contributed by atoms with E-state index in [-0.39, 0.29) is 5.91 Å². The van der Waals surface area contributed by atoms with E-state index in [4.69, 9.17) is 11.6 Å². The highest BCUT2D eigenvalue weighted by Gasteiger charge is 2.38. The van der Waals surface area contributed by atoms with E-state index in [1.807, 2.05) is 46.8 Å². The van der Waals surface area contributed by atoms with Crippen LogP contribution >= 0.6 is 22.9 Å². The molecule has 3 aromatic rings. The van der Waals surface area contributed by atoms with Crippen molar-refractivity contribution in [3.63, 3.8) is 0 Å². The maximum Gasteiger partial charge on any atom is 0.264 e. The van der Waals surface area contributed by atoms with Crippen LogP contribution in [0.3, 0.4) is 0 Å². The summed E-state index contributed by atoms with van der Waals surface area (Å²) in [7, 11) is 0. The lowest BCUT2D eigenvalue weighted by Crippen LogP contribution is -2.31. The molecule has 2 saturated heterocycles. The molecule has 2 fully saturated rings. The summed E-state index contributed by atoms with van der Waals surface area (Å²) in [6, 6.07) is 9.65. The van der Waals surface area contributed by atoms with Gasteiger partial charge < -0.3 is 10.2 Å². The van der Waals surface area contributed by atoms with Crippen LogP contribution in [0.25, 0.3) is 15.9 Å². The number of hydrogen-bond donors (Lipinski definition) is 1. The molecule has 0 unspecified atom stereocenters. The minimum atomic E-state index is 0.144. The minimum absolute atomic E-state index is 0.144. The summed E-state index contributed by atoms with van der Waals surface area (Å²) >= 11 is 7.86. The van der Waals surface area contributed by atoms with E-state index in [1.165, 1.54) is 11.3 Å². The normalized spacial score (nSPS) is 22.3. The van der Waals surface area contributed by atoms with Crippen LogP contribution in [-0.4, -0.2) is 46.8 Å². The molecule has 0 saturated carbocycles. The molecule has 2 aliphatic heterocycles. The molecule has 1 amide bonds. The number of likely N-dealkylation sites (tertiary alicyclic amines) is 1. The quantitative estimate of drug-likeness (QED) is 0.734. The van der Waals surface area contributed by atoms with E-state index < -0.39 is 0 Å². The maximum absolute atomic E-state index is 13.0. The molecule has 0 aliphatic carbocycles. The lowest BCUT2D eigenvalue weighted by atomic mass is 10.0. The van der Waals surface area contributed by atoms with Crippen molar-refractivity contribution in [2.24, 2.45) is 11.8 Å². The van der Waals surface area contributed by atoms with Crippen LogP contribution in [0.4, 0.5) is 0 Å². The zero-order valence-corrected chi connectivity index (χ0v) is 16.0. The molecule has 134 valence electrons. The van der Waals surface area contributed by atoms with Gasteiger partial charge in [0.1, 0.15) is 4.83 Å². The second-order valence-electron chi connectivity index (χ2n) is 7.17. The summed E-state index contributed by atoms with van der Waals surface area (Å²) in [6.45, 7) is 5.76. The number of para-hydroxylation sites is 1. The molecule has 2 atom stereocenters. The molecule has 4 heterocycles. The average molecular weight is 387 g/mol. The first kappa shape index (κ1) is 16.3. The van der Waals surface area contributed by atoms with Gasteiger partial charge in [0.2, 0.25) is 0 Å². The van der Waals surface area contributed by atoms with E-state index in [0.29, 0.717) is 16.9 Å². The van der Waals surface area contributed by atoms with E-state index in [1.54, 1.807) is 0 Å². The maximum atomic E-state index is 13.0. The van der Waals surface area contributed by atoms with Crippen molar-refractivity contribution >= 4 is 39.1 Å². The molecule has 5 nitrogen and oxygen atoms in total. The fourth-order valence-electron chi connectivity index (χ4n) is 4.12. The van der Waals surface area contributed by atoms with Gasteiger partial charge in [-0.05, 0) is 37.0 Å². The molecule has 2 aliphatic rings. The SMILES string of the molecule is Cc1nn(-c2ccccc2Cl)c2sc(C(=O)N3C[C@H]4CNC[C@H]4C3)cc12. The smallest absolute Gasteiger partial charge is 0.264 e. The van der Waals surface area contributed by atoms with Gasteiger partial charge in [-0.1, -0.05) is 23.7 Å². The number of carbonyl (C=O) groups excluding carboxylic acids is 1. The van der Waals surface area contributed by atoms with Gasteiger partial charge in [-0.2, -0.15) is 5.10 Å². The number of nitrogens with one attached hydrogen (secondary N) is 1. The van der Waals surface area contributed by atoms with Crippen molar-refractivity contribution in [3.8, 4) is 5.69 Å². The van der Waals surface area contributed by atoms with E-state index in [2.05, 4.69) is 10.4 Å². The number of aryl methyl sites for hydroxylation is 1. The third-order valence-electron chi connectivity index (χ3n) is 5.51. The van der Waals surface area contributed by atoms with Crippen molar-refractivity contribution in [1.29, 1.82) is 0 Å². The number of hydrogen-bond acceptors (Lipinski definition) is 4. The van der Waals surface area contributed by atoms with Gasteiger partial charge in [0.05, 0.1) is 21.3 Å². The lowest BCUT2D eigenvalue weighted by Gasteiger charge is -2.16. The Labute approximate surface area is 160 Å². The van der Waals surface area contributed by atoms with E-state index in [0.717, 1.165) is 52.7 Å². The molecule has 0 bridgehead atoms. The lowest BCUT2D eigenvalue weighted by molar-refractivity contribution is 0.0786. The van der Waals surface area contributed by atoms with Crippen molar-refractivity contribution in [2.45, 2.75) is 6.92 Å². The molecule has 1 aromatic carbocycles. The fourth-order valence-corrected chi connectivity index (χ4v) is 5.48. The van der Waals surface area contributed by atoms with Gasteiger partial charge in [-0.15, -0.1) is 11.3 Å². The number of nitrogens with zero attached hydrogens (tertiary/aromatic N) is 3. The fraction of sp³-hybridized carbons (Fsp3) is 0.368. The van der Waals surface area contributed by atoms with Gasteiger partial charge in [0, 0.05) is 31.6 Å². The molecular formula is C19H19ClN4OS. The van der Waals surface area contributed by atoms with Gasteiger partial charge in [-0.3, -0.25) is 4.79 Å². The number of rotatable bonds is 2. The number of thiophene rings is 1. The highest BCUT2D eigenvalue weighted by atomic mass is 35.5. The Morgan fingerprint density at radius 1 is 1.27 bits per heavy atom. The number of fused-ring (bicyclic) bond motifs is 2. The Morgan fingerprint density at radius 3 is 2.73 bits per heavy atom. The number of amides is 1. The monoisotopic (exact) mass is 386 g/mol. The average Bonchev–Trinajstić information content (AvgIpc) is 3.36. The Balaban J connectivity index is 1.52. The number of benzene rings is 1. The molecule has 0 spiro atoms. The zero-order chi connectivity index (χ0) is 17.8. The molecule has 2 aromatic heterocycles. The number of halogens is 1. The molecular weight excluding hydrogens is 368 g/mol. The van der Waals surface area contributed by atoms with Gasteiger partial charge in [0.15, 0.2) is 0 Å². The van der Waals surface area contributed by atoms with Crippen LogP contribution in [0.5, 0.6) is 0 Å². The van der Waals surface area contributed by atoms with Crippen LogP contribution in [-0.2, 0) is 0 Å². The number of aromatic nitrogens is 2. The van der Waals surface area contributed by atoms with Gasteiger partial charge in [-0.25, -0.2) is 4.68 Å². The van der Waals surface area contributed by atoms with E-state index >= 15 is 0 Å². The second-order valence-corrected chi connectivity index (χ2v) is 8.60. The Morgan fingerprint density at radius 2 is 2.00 bits per heavy atom. The molecule has 5 rings (SSSR count). The largest absolute Gasteiger partial charge is 0.337 e. The third-order valence-corrected chi connectivity index (χ3v) is 6.93. The van der Waals surface area contributed by atoms with Crippen LogP contribution in [0.15, 0.2) is 30.3 Å². The van der Waals surface area contributed by atoms with Gasteiger partial charge in [0.25, 0.3) is 5.91 Å². The zero-order valence-electron chi connectivity index (χ0n) is 14.4. The van der Waals surface area contributed by atoms with Crippen molar-refractivity contribution < 1.29 is 4.79 Å². The highest BCUT2D eigenvalue weighted by molar-refractivity contribution is 7.20. The first-order valence-corrected chi connectivity index (χ1v) is 10.1. The summed E-state index contributed by atoms with van der Waals surface area (Å²) in [5, 5.41) is 9.73. The third kappa shape index (κ3) is 2.47. The van der Waals surface area contributed by atoms with Crippen molar-refractivity contribution in [3.05, 3.63) is 45.9 Å². The van der Waals surface area contributed by atoms with Crippen molar-refractivity contribution in [1.82, 2.24) is 20.0 Å². The minimum Gasteiger partial charge on any atom is -0.337 e. The standard InChI is InChI=1S/C19H19ClN4OS/c1-11-14-6-17(18(25)23-9-12-7-21-8-13(12)10-23)26-19(14)24(22-11)16-5-3-2-4-15(16)20/h2-6,12-13,21H,7-10H2,1H3/t12-,13+. The summed E-state index contributed by atoms with van der Waals surface area (Å²) in [4.78, 5) is 16.8. The first-order chi connectivity index (χ1) is 12.6. The summed E-state index contributed by atoms with van der Waals surface area (Å²) in [5.74, 6) is 1.35. The Bertz CT molecular complexity index is 998. The predicted octanol–water partition coefficient (Wildman–Crippen LogP) is 3.34. The van der Waals surface area contributed by atoms with Crippen molar-refractivity contribution in [2.75, 3.05) is 26.2 Å².